The summed E-state index contributed by atoms with van der Waals surface area (Å²) < 4.78 is 5.87. The molecule has 9 nitrogen and oxygen atoms in total. The molecule has 0 amide bonds. The first-order valence-electron chi connectivity index (χ1n) is 5.20. The second kappa shape index (κ2) is 4.53. The molecule has 9 heteroatoms. The molecule has 1 aliphatic heterocycles. The highest BCUT2D eigenvalue weighted by molar-refractivity contribution is 5.17. The Bertz CT molecular complexity index is 504. The molecule has 0 saturated carbocycles. The van der Waals surface area contributed by atoms with Gasteiger partial charge in [0.05, 0.1) is 12.8 Å². The highest BCUT2D eigenvalue weighted by atomic mass is 16.6. The van der Waals surface area contributed by atoms with Crippen LogP contribution in [0, 0.1) is 5.21 Å². The molecule has 2 rings (SSSR count). The normalized spacial score (nSPS) is 31.7. The fourth-order valence-electron chi connectivity index (χ4n) is 1.81. The number of ether oxygens (including phenoxy) is 1. The van der Waals surface area contributed by atoms with Crippen LogP contribution in [0.1, 0.15) is 6.23 Å². The Balaban J connectivity index is 2.39. The van der Waals surface area contributed by atoms with Crippen LogP contribution in [0.4, 0.5) is 5.82 Å². The minimum Gasteiger partial charge on any atom is -0.738 e. The van der Waals surface area contributed by atoms with E-state index in [2.05, 4.69) is 0 Å². The summed E-state index contributed by atoms with van der Waals surface area (Å²) in [5, 5.41) is 39.5. The number of aromatic nitrogens is 2. The fraction of sp³-hybridized carbons (Fsp3) is 0.556. The molecule has 1 aromatic rings. The summed E-state index contributed by atoms with van der Waals surface area (Å²) in [4.78, 5) is 11.6. The molecular weight excluding hydrogens is 246 g/mol. The predicted molar refractivity (Wildman–Crippen MR) is 57.1 cm³/mol. The van der Waals surface area contributed by atoms with Gasteiger partial charge < -0.3 is 31.0 Å². The van der Waals surface area contributed by atoms with Gasteiger partial charge in [-0.1, -0.05) is 0 Å². The zero-order valence-electron chi connectivity index (χ0n) is 9.21. The zero-order valence-corrected chi connectivity index (χ0v) is 9.21. The van der Waals surface area contributed by atoms with E-state index in [0.29, 0.717) is 0 Å². The van der Waals surface area contributed by atoms with Crippen LogP contribution in [0.5, 0.6) is 0 Å². The lowest BCUT2D eigenvalue weighted by Crippen LogP contribution is -2.53. The van der Waals surface area contributed by atoms with Gasteiger partial charge in [-0.2, -0.15) is 0 Å². The van der Waals surface area contributed by atoms with Gasteiger partial charge in [-0.05, 0) is 0 Å². The van der Waals surface area contributed by atoms with Gasteiger partial charge in [0.1, 0.15) is 18.3 Å². The Morgan fingerprint density at radius 1 is 1.50 bits per heavy atom. The van der Waals surface area contributed by atoms with Crippen molar-refractivity contribution in [2.45, 2.75) is 24.5 Å². The number of hydrogen-bond acceptors (Lipinski definition) is 7. The number of nitrogen functional groups attached to an aromatic ring is 1. The largest absolute Gasteiger partial charge is 0.738 e. The third-order valence-corrected chi connectivity index (χ3v) is 2.83. The van der Waals surface area contributed by atoms with Crippen LogP contribution in [0.15, 0.2) is 17.1 Å². The predicted octanol–water partition coefficient (Wildman–Crippen LogP) is -3.32. The summed E-state index contributed by atoms with van der Waals surface area (Å²) in [7, 11) is 0. The third-order valence-electron chi connectivity index (χ3n) is 2.83. The molecule has 5 N–H and O–H groups in total. The third kappa shape index (κ3) is 1.82. The molecule has 0 aliphatic carbocycles. The molecule has 0 spiro atoms. The number of nitrogens with two attached hydrogens (primary N) is 1. The minimum atomic E-state index is -1.43. The van der Waals surface area contributed by atoms with Crippen LogP contribution >= 0.6 is 0 Å². The molecule has 0 radical (unpaired) electrons. The Hall–Kier alpha value is -1.68. The van der Waals surface area contributed by atoms with Gasteiger partial charge in [0.2, 0.25) is 12.0 Å². The van der Waals surface area contributed by atoms with E-state index < -0.39 is 36.8 Å². The number of anilines is 1. The first-order valence-corrected chi connectivity index (χ1v) is 5.20. The van der Waals surface area contributed by atoms with Crippen LogP contribution in [0.3, 0.4) is 0 Å². The van der Waals surface area contributed by atoms with E-state index in [1.165, 1.54) is 12.3 Å². The number of hydrogen-bond donors (Lipinski definition) is 4. The van der Waals surface area contributed by atoms with Crippen molar-refractivity contribution < 1.29 is 24.8 Å². The standard InChI is InChI=1S/C9H13N3O6/c10-5-1-2-11(9(16)12(5)17)8-7(15)6(14)4(3-13)18-8/h1-2,4,6-8,13-15H,3,10H2/t4-,6-,7-,8-/m1/s1. The quantitative estimate of drug-likeness (QED) is 0.321. The van der Waals surface area contributed by atoms with Gasteiger partial charge in [0.25, 0.3) is 0 Å². The highest BCUT2D eigenvalue weighted by Gasteiger charge is 2.45. The highest BCUT2D eigenvalue weighted by Crippen LogP contribution is 2.27. The summed E-state index contributed by atoms with van der Waals surface area (Å²) in [6.45, 7) is -0.518. The van der Waals surface area contributed by atoms with E-state index >= 15 is 0 Å². The van der Waals surface area contributed by atoms with E-state index in [4.69, 9.17) is 15.6 Å². The first kappa shape index (κ1) is 12.8. The van der Waals surface area contributed by atoms with Crippen LogP contribution < -0.4 is 16.2 Å². The number of rotatable bonds is 2. The van der Waals surface area contributed by atoms with Crippen molar-refractivity contribution in [3.8, 4) is 0 Å². The number of aliphatic hydroxyl groups excluding tert-OH is 3. The molecule has 0 aromatic carbocycles. The SMILES string of the molecule is Nc1ccn([C@@H]2O[C@H](CO)[C@@H](O)[C@H]2O)c(=O)[n+]1[O-]. The van der Waals surface area contributed by atoms with Crippen LogP contribution in [-0.4, -0.2) is 44.8 Å². The number of aliphatic hydroxyl groups is 3. The van der Waals surface area contributed by atoms with Crippen LogP contribution in [0.2, 0.25) is 0 Å². The number of nitrogens with zero attached hydrogens (tertiary/aromatic N) is 2. The first-order chi connectivity index (χ1) is 8.47. The van der Waals surface area contributed by atoms with E-state index in [0.717, 1.165) is 4.57 Å². The lowest BCUT2D eigenvalue weighted by atomic mass is 10.1. The maximum absolute atomic E-state index is 11.6. The topological polar surface area (TPSA) is 145 Å². The molecule has 100 valence electrons. The lowest BCUT2D eigenvalue weighted by molar-refractivity contribution is -0.612. The van der Waals surface area contributed by atoms with Crippen LogP contribution in [0.25, 0.3) is 0 Å². The van der Waals surface area contributed by atoms with Crippen molar-refractivity contribution in [1.29, 1.82) is 0 Å². The van der Waals surface area contributed by atoms with Gasteiger partial charge in [0.15, 0.2) is 0 Å². The van der Waals surface area contributed by atoms with E-state index in [-0.39, 0.29) is 10.5 Å². The van der Waals surface area contributed by atoms with Gasteiger partial charge in [0, 0.05) is 6.07 Å². The van der Waals surface area contributed by atoms with Crippen molar-refractivity contribution in [2.75, 3.05) is 12.3 Å². The summed E-state index contributed by atoms with van der Waals surface area (Å²) in [6.07, 6.45) is -3.86. The Morgan fingerprint density at radius 2 is 2.17 bits per heavy atom. The van der Waals surface area contributed by atoms with E-state index in [1.54, 1.807) is 0 Å². The summed E-state index contributed by atoms with van der Waals surface area (Å²) in [5.41, 5.74) is 4.21. The van der Waals surface area contributed by atoms with Crippen molar-refractivity contribution in [3.05, 3.63) is 28.0 Å². The molecule has 0 unspecified atom stereocenters. The summed E-state index contributed by atoms with van der Waals surface area (Å²) in [5.74, 6) is -0.289. The molecule has 0 bridgehead atoms. The van der Waals surface area contributed by atoms with E-state index in [9.17, 15) is 20.2 Å². The van der Waals surface area contributed by atoms with Gasteiger partial charge in [-0.25, -0.2) is 14.1 Å². The molecule has 18 heavy (non-hydrogen) atoms. The minimum absolute atomic E-state index is 0.0608. The zero-order chi connectivity index (χ0) is 13.4. The van der Waals surface area contributed by atoms with Gasteiger partial charge >= 0.3 is 5.69 Å². The van der Waals surface area contributed by atoms with Gasteiger partial charge in [-0.3, -0.25) is 0 Å². The maximum atomic E-state index is 11.6. The van der Waals surface area contributed by atoms with Crippen molar-refractivity contribution in [2.24, 2.45) is 0 Å². The Morgan fingerprint density at radius 3 is 2.72 bits per heavy atom. The molecular formula is C9H13N3O6. The van der Waals surface area contributed by atoms with Gasteiger partial charge in [-0.15, -0.1) is 0 Å². The lowest BCUT2D eigenvalue weighted by Gasteiger charge is -2.15. The smallest absolute Gasteiger partial charge is 0.445 e. The summed E-state index contributed by atoms with van der Waals surface area (Å²) >= 11 is 0. The molecule has 2 heterocycles. The molecule has 4 atom stereocenters. The Kier molecular flexibility index (Phi) is 3.22. The average molecular weight is 259 g/mol. The molecule has 1 fully saturated rings. The van der Waals surface area contributed by atoms with Crippen LogP contribution in [-0.2, 0) is 4.74 Å². The second-order valence-corrected chi connectivity index (χ2v) is 3.95. The second-order valence-electron chi connectivity index (χ2n) is 3.95. The van der Waals surface area contributed by atoms with E-state index in [1.807, 2.05) is 0 Å². The average Bonchev–Trinajstić information content (AvgIpc) is 2.64. The van der Waals surface area contributed by atoms with Crippen molar-refractivity contribution in [3.63, 3.8) is 0 Å². The summed E-state index contributed by atoms with van der Waals surface area (Å²) in [6, 6.07) is 1.17. The Labute approximate surface area is 101 Å². The fourth-order valence-corrected chi connectivity index (χ4v) is 1.81. The maximum Gasteiger partial charge on any atom is 0.445 e. The molecule has 1 saturated heterocycles. The van der Waals surface area contributed by atoms with Crippen molar-refractivity contribution in [1.82, 2.24) is 4.57 Å². The molecule has 1 aliphatic rings. The molecule has 1 aromatic heterocycles. The van der Waals surface area contributed by atoms with Crippen molar-refractivity contribution >= 4 is 5.82 Å². The monoisotopic (exact) mass is 259 g/mol.